The van der Waals surface area contributed by atoms with E-state index in [0.29, 0.717) is 6.04 Å². The Kier molecular flexibility index (Phi) is 3.89. The van der Waals surface area contributed by atoms with Crippen LogP contribution in [0.1, 0.15) is 32.1 Å². The van der Waals surface area contributed by atoms with Crippen LogP contribution < -0.4 is 0 Å². The highest BCUT2D eigenvalue weighted by Crippen LogP contribution is 2.30. The van der Waals surface area contributed by atoms with Gasteiger partial charge < -0.3 is 20.0 Å². The maximum atomic E-state index is 12.0. The third kappa shape index (κ3) is 2.72. The van der Waals surface area contributed by atoms with E-state index in [1.54, 1.807) is 4.90 Å². The molecule has 1 heterocycles. The lowest BCUT2D eigenvalue weighted by atomic mass is 9.85. The number of urea groups is 1. The zero-order valence-electron chi connectivity index (χ0n) is 10.4. The summed E-state index contributed by atoms with van der Waals surface area (Å²) in [5.41, 5.74) is 0. The van der Waals surface area contributed by atoms with Crippen molar-refractivity contribution in [3.8, 4) is 0 Å². The Labute approximate surface area is 102 Å². The summed E-state index contributed by atoms with van der Waals surface area (Å²) in [4.78, 5) is 15.7. The third-order valence-electron chi connectivity index (χ3n) is 4.07. The van der Waals surface area contributed by atoms with Crippen LogP contribution in [0.5, 0.6) is 0 Å². The highest BCUT2D eigenvalue weighted by molar-refractivity contribution is 5.75. The Balaban J connectivity index is 1.89. The Morgan fingerprint density at radius 1 is 1.18 bits per heavy atom. The first-order chi connectivity index (χ1) is 8.09. The first kappa shape index (κ1) is 12.6. The van der Waals surface area contributed by atoms with E-state index in [1.807, 2.05) is 11.9 Å². The molecule has 0 spiro atoms. The minimum atomic E-state index is -1.20. The van der Waals surface area contributed by atoms with E-state index < -0.39 is 6.29 Å². The molecule has 5 heteroatoms. The minimum absolute atomic E-state index is 0.0103. The molecule has 2 N–H and O–H groups in total. The summed E-state index contributed by atoms with van der Waals surface area (Å²) in [6, 6.07) is 0.421. The standard InChI is InChI=1S/C12H22N2O3/c1-13-7-2-8-14(12(13)17)10-5-3-9(4-6-10)11(15)16/h9-11,15-16H,2-8H2,1H3. The molecule has 17 heavy (non-hydrogen) atoms. The molecule has 1 aliphatic heterocycles. The molecule has 1 saturated carbocycles. The van der Waals surface area contributed by atoms with Crippen molar-refractivity contribution >= 4 is 6.03 Å². The molecule has 0 aromatic rings. The Morgan fingerprint density at radius 3 is 2.41 bits per heavy atom. The SMILES string of the molecule is CN1CCCN(C2CCC(C(O)O)CC2)C1=O. The summed E-state index contributed by atoms with van der Waals surface area (Å²) >= 11 is 0. The average molecular weight is 242 g/mol. The van der Waals surface area contributed by atoms with Crippen LogP contribution in [-0.2, 0) is 0 Å². The van der Waals surface area contributed by atoms with Crippen molar-refractivity contribution in [2.75, 3.05) is 20.1 Å². The van der Waals surface area contributed by atoms with Gasteiger partial charge in [0.05, 0.1) is 0 Å². The van der Waals surface area contributed by atoms with Crippen molar-refractivity contribution in [1.82, 2.24) is 9.80 Å². The highest BCUT2D eigenvalue weighted by atomic mass is 16.5. The van der Waals surface area contributed by atoms with Gasteiger partial charge in [-0.05, 0) is 32.1 Å². The average Bonchev–Trinajstić information content (AvgIpc) is 2.33. The van der Waals surface area contributed by atoms with Gasteiger partial charge in [-0.1, -0.05) is 0 Å². The van der Waals surface area contributed by atoms with E-state index in [4.69, 9.17) is 10.2 Å². The van der Waals surface area contributed by atoms with Crippen LogP contribution in [0.25, 0.3) is 0 Å². The molecule has 0 unspecified atom stereocenters. The fourth-order valence-corrected chi connectivity index (χ4v) is 2.94. The van der Waals surface area contributed by atoms with E-state index >= 15 is 0 Å². The normalized spacial score (nSPS) is 31.2. The second-order valence-electron chi connectivity index (χ2n) is 5.23. The number of hydrogen-bond donors (Lipinski definition) is 2. The van der Waals surface area contributed by atoms with Gasteiger partial charge in [-0.25, -0.2) is 4.79 Å². The smallest absolute Gasteiger partial charge is 0.319 e. The lowest BCUT2D eigenvalue weighted by Gasteiger charge is -2.41. The van der Waals surface area contributed by atoms with Crippen molar-refractivity contribution < 1.29 is 15.0 Å². The van der Waals surface area contributed by atoms with Gasteiger partial charge in [0.2, 0.25) is 0 Å². The quantitative estimate of drug-likeness (QED) is 0.697. The Hall–Kier alpha value is -0.810. The molecule has 0 aromatic carbocycles. The van der Waals surface area contributed by atoms with Gasteiger partial charge in [0.25, 0.3) is 0 Å². The summed E-state index contributed by atoms with van der Waals surface area (Å²) < 4.78 is 0. The van der Waals surface area contributed by atoms with E-state index in [9.17, 15) is 4.79 Å². The number of nitrogens with zero attached hydrogens (tertiary/aromatic N) is 2. The topological polar surface area (TPSA) is 64.0 Å². The van der Waals surface area contributed by atoms with Crippen LogP contribution in [0, 0.1) is 5.92 Å². The number of carbonyl (C=O) groups excluding carboxylic acids is 1. The molecule has 0 radical (unpaired) electrons. The van der Waals surface area contributed by atoms with Crippen LogP contribution in [0.15, 0.2) is 0 Å². The molecular weight excluding hydrogens is 220 g/mol. The van der Waals surface area contributed by atoms with Gasteiger partial charge in [0, 0.05) is 32.1 Å². The molecule has 2 aliphatic rings. The van der Waals surface area contributed by atoms with Crippen LogP contribution in [0.2, 0.25) is 0 Å². The van der Waals surface area contributed by atoms with Crippen LogP contribution in [0.3, 0.4) is 0 Å². The zero-order chi connectivity index (χ0) is 12.4. The second kappa shape index (κ2) is 5.23. The first-order valence-corrected chi connectivity index (χ1v) is 6.47. The number of carbonyl (C=O) groups is 1. The maximum Gasteiger partial charge on any atom is 0.319 e. The molecule has 1 aliphatic carbocycles. The number of hydrogen-bond acceptors (Lipinski definition) is 3. The molecule has 2 rings (SSSR count). The monoisotopic (exact) mass is 242 g/mol. The predicted octanol–water partition coefficient (Wildman–Crippen LogP) is 0.613. The first-order valence-electron chi connectivity index (χ1n) is 6.47. The molecule has 0 aromatic heterocycles. The van der Waals surface area contributed by atoms with Crippen LogP contribution in [0.4, 0.5) is 4.79 Å². The number of amides is 2. The lowest BCUT2D eigenvalue weighted by molar-refractivity contribution is -0.0967. The summed E-state index contributed by atoms with van der Waals surface area (Å²) in [5.74, 6) is -0.0103. The van der Waals surface area contributed by atoms with Crippen molar-refractivity contribution in [2.45, 2.75) is 44.4 Å². The largest absolute Gasteiger partial charge is 0.368 e. The predicted molar refractivity (Wildman–Crippen MR) is 63.3 cm³/mol. The summed E-state index contributed by atoms with van der Waals surface area (Å²) in [6.45, 7) is 1.69. The van der Waals surface area contributed by atoms with Gasteiger partial charge in [0.15, 0.2) is 6.29 Å². The summed E-state index contributed by atoms with van der Waals surface area (Å²) in [5, 5.41) is 18.3. The number of aliphatic hydroxyl groups excluding tert-OH is 1. The van der Waals surface area contributed by atoms with Crippen molar-refractivity contribution in [3.63, 3.8) is 0 Å². The van der Waals surface area contributed by atoms with Gasteiger partial charge in [-0.15, -0.1) is 0 Å². The van der Waals surface area contributed by atoms with E-state index in [1.165, 1.54) is 0 Å². The van der Waals surface area contributed by atoms with E-state index in [0.717, 1.165) is 45.2 Å². The summed E-state index contributed by atoms with van der Waals surface area (Å²) in [7, 11) is 1.84. The number of aliphatic hydroxyl groups is 2. The fraction of sp³-hybridized carbons (Fsp3) is 0.917. The summed E-state index contributed by atoms with van der Waals surface area (Å²) in [6.07, 6.45) is 3.22. The van der Waals surface area contributed by atoms with E-state index in [-0.39, 0.29) is 11.9 Å². The molecule has 1 saturated heterocycles. The van der Waals surface area contributed by atoms with Crippen molar-refractivity contribution in [2.24, 2.45) is 5.92 Å². The maximum absolute atomic E-state index is 12.0. The molecule has 2 fully saturated rings. The minimum Gasteiger partial charge on any atom is -0.368 e. The highest BCUT2D eigenvalue weighted by Gasteiger charge is 2.33. The van der Waals surface area contributed by atoms with E-state index in [2.05, 4.69) is 0 Å². The molecule has 5 nitrogen and oxygen atoms in total. The second-order valence-corrected chi connectivity index (χ2v) is 5.23. The van der Waals surface area contributed by atoms with Gasteiger partial charge in [-0.3, -0.25) is 0 Å². The van der Waals surface area contributed by atoms with Crippen molar-refractivity contribution in [3.05, 3.63) is 0 Å². The molecule has 98 valence electrons. The lowest BCUT2D eigenvalue weighted by Crippen LogP contribution is -2.52. The van der Waals surface area contributed by atoms with Gasteiger partial charge in [0.1, 0.15) is 0 Å². The molecule has 0 bridgehead atoms. The third-order valence-corrected chi connectivity index (χ3v) is 4.07. The Morgan fingerprint density at radius 2 is 1.82 bits per heavy atom. The molecular formula is C12H22N2O3. The van der Waals surface area contributed by atoms with Crippen molar-refractivity contribution in [1.29, 1.82) is 0 Å². The van der Waals surface area contributed by atoms with Crippen LogP contribution in [-0.4, -0.2) is 58.5 Å². The zero-order valence-corrected chi connectivity index (χ0v) is 10.4. The number of rotatable bonds is 2. The fourth-order valence-electron chi connectivity index (χ4n) is 2.94. The molecule has 2 amide bonds. The Bertz CT molecular complexity index is 275. The van der Waals surface area contributed by atoms with Crippen LogP contribution >= 0.6 is 0 Å². The van der Waals surface area contributed by atoms with Gasteiger partial charge in [-0.2, -0.15) is 0 Å². The molecule has 0 atom stereocenters. The van der Waals surface area contributed by atoms with Gasteiger partial charge >= 0.3 is 6.03 Å².